The first kappa shape index (κ1) is 13.9. The molecule has 4 N–H and O–H groups in total. The van der Waals surface area contributed by atoms with Gasteiger partial charge in [0.15, 0.2) is 0 Å². The first-order valence-electron chi connectivity index (χ1n) is 5.42. The van der Waals surface area contributed by atoms with Crippen LogP contribution in [0.15, 0.2) is 29.4 Å². The summed E-state index contributed by atoms with van der Waals surface area (Å²) in [6, 6.07) is 4.83. The van der Waals surface area contributed by atoms with E-state index in [0.717, 1.165) is 5.69 Å². The highest BCUT2D eigenvalue weighted by Crippen LogP contribution is 1.95. The van der Waals surface area contributed by atoms with Crippen molar-refractivity contribution in [2.45, 2.75) is 19.7 Å². The molecule has 18 heavy (non-hydrogen) atoms. The molecule has 0 aliphatic rings. The van der Waals surface area contributed by atoms with E-state index in [2.05, 4.69) is 20.6 Å². The zero-order valence-corrected chi connectivity index (χ0v) is 10.4. The van der Waals surface area contributed by atoms with Gasteiger partial charge < -0.3 is 15.8 Å². The van der Waals surface area contributed by atoms with Gasteiger partial charge in [-0.25, -0.2) is 9.79 Å². The third-order valence-corrected chi connectivity index (χ3v) is 2.06. The molecule has 1 heterocycles. The van der Waals surface area contributed by atoms with Gasteiger partial charge in [0.25, 0.3) is 0 Å². The third kappa shape index (κ3) is 5.26. The Morgan fingerprint density at radius 2 is 2.39 bits per heavy atom. The molecular weight excluding hydrogens is 234 g/mol. The van der Waals surface area contributed by atoms with E-state index >= 15 is 0 Å². The van der Waals surface area contributed by atoms with Crippen molar-refractivity contribution < 1.29 is 9.53 Å². The average Bonchev–Trinajstić information content (AvgIpc) is 2.36. The molecule has 0 bridgehead atoms. The Morgan fingerprint density at radius 1 is 1.61 bits per heavy atom. The molecule has 0 spiro atoms. The summed E-state index contributed by atoms with van der Waals surface area (Å²) >= 11 is 0. The van der Waals surface area contributed by atoms with Crippen molar-refractivity contribution in [1.29, 1.82) is 0 Å². The number of hydrogen-bond donors (Lipinski definition) is 3. The number of nitrogens with zero attached hydrogens (tertiary/aromatic N) is 2. The van der Waals surface area contributed by atoms with E-state index in [1.165, 1.54) is 7.11 Å². The first-order chi connectivity index (χ1) is 8.61. The Kier molecular flexibility index (Phi) is 5.59. The molecule has 1 unspecified atom stereocenters. The van der Waals surface area contributed by atoms with Crippen LogP contribution in [0, 0.1) is 0 Å². The SMILES string of the molecule is COC(C)NC(=NCc1ccccn1)NC(N)=O. The first-order valence-corrected chi connectivity index (χ1v) is 5.42. The molecule has 7 heteroatoms. The summed E-state index contributed by atoms with van der Waals surface area (Å²) in [5.41, 5.74) is 5.84. The van der Waals surface area contributed by atoms with Crippen molar-refractivity contribution in [2.75, 3.05) is 7.11 Å². The molecule has 0 aromatic carbocycles. The number of aromatic nitrogens is 1. The smallest absolute Gasteiger partial charge is 0.318 e. The van der Waals surface area contributed by atoms with Crippen molar-refractivity contribution in [1.82, 2.24) is 15.6 Å². The minimum absolute atomic E-state index is 0.252. The highest BCUT2D eigenvalue weighted by Gasteiger charge is 2.06. The van der Waals surface area contributed by atoms with Crippen LogP contribution < -0.4 is 16.4 Å². The normalized spacial score (nSPS) is 12.9. The summed E-state index contributed by atoms with van der Waals surface area (Å²) in [6.07, 6.45) is 1.39. The van der Waals surface area contributed by atoms with E-state index in [1.807, 2.05) is 18.2 Å². The molecule has 1 aromatic rings. The van der Waals surface area contributed by atoms with E-state index in [4.69, 9.17) is 10.5 Å². The predicted molar refractivity (Wildman–Crippen MR) is 67.7 cm³/mol. The molecule has 0 saturated heterocycles. The van der Waals surface area contributed by atoms with Crippen LogP contribution in [-0.4, -0.2) is 30.3 Å². The maximum atomic E-state index is 10.8. The fourth-order valence-corrected chi connectivity index (χ4v) is 1.14. The highest BCUT2D eigenvalue weighted by atomic mass is 16.5. The monoisotopic (exact) mass is 251 g/mol. The fourth-order valence-electron chi connectivity index (χ4n) is 1.14. The predicted octanol–water partition coefficient (Wildman–Crippen LogP) is 0.188. The number of nitrogens with two attached hydrogens (primary N) is 1. The van der Waals surface area contributed by atoms with Gasteiger partial charge in [-0.2, -0.15) is 0 Å². The lowest BCUT2D eigenvalue weighted by Gasteiger charge is -2.15. The number of carbonyl (C=O) groups is 1. The number of carbonyl (C=O) groups excluding carboxylic acids is 1. The fraction of sp³-hybridized carbons (Fsp3) is 0.364. The quantitative estimate of drug-likeness (QED) is 0.404. The summed E-state index contributed by atoms with van der Waals surface area (Å²) in [4.78, 5) is 19.1. The molecule has 0 aliphatic carbocycles. The van der Waals surface area contributed by atoms with Crippen LogP contribution in [-0.2, 0) is 11.3 Å². The number of aliphatic imine (C=N–C) groups is 1. The highest BCUT2D eigenvalue weighted by molar-refractivity contribution is 5.95. The van der Waals surface area contributed by atoms with Crippen molar-refractivity contribution in [2.24, 2.45) is 10.7 Å². The standard InChI is InChI=1S/C11H17N5O2/c1-8(18-2)15-11(16-10(12)17)14-7-9-5-3-4-6-13-9/h3-6,8H,7H2,1-2H3,(H4,12,14,15,16,17). The van der Waals surface area contributed by atoms with Gasteiger partial charge in [0, 0.05) is 13.3 Å². The molecule has 1 atom stereocenters. The summed E-state index contributed by atoms with van der Waals surface area (Å²) in [5.74, 6) is 0.252. The number of primary amides is 1. The van der Waals surface area contributed by atoms with Crippen molar-refractivity contribution in [3.05, 3.63) is 30.1 Å². The van der Waals surface area contributed by atoms with E-state index in [1.54, 1.807) is 13.1 Å². The molecule has 0 fully saturated rings. The largest absolute Gasteiger partial charge is 0.362 e. The number of guanidine groups is 1. The summed E-state index contributed by atoms with van der Waals surface area (Å²) < 4.78 is 5.01. The number of amides is 2. The number of methoxy groups -OCH3 is 1. The van der Waals surface area contributed by atoms with Gasteiger partial charge in [-0.3, -0.25) is 10.3 Å². The number of urea groups is 1. The Morgan fingerprint density at radius 3 is 2.94 bits per heavy atom. The van der Waals surface area contributed by atoms with Crippen LogP contribution in [0.4, 0.5) is 4.79 Å². The molecule has 7 nitrogen and oxygen atoms in total. The van der Waals surface area contributed by atoms with Crippen LogP contribution in [0.1, 0.15) is 12.6 Å². The zero-order valence-electron chi connectivity index (χ0n) is 10.4. The van der Waals surface area contributed by atoms with Gasteiger partial charge in [0.2, 0.25) is 5.96 Å². The van der Waals surface area contributed by atoms with Gasteiger partial charge in [-0.15, -0.1) is 0 Å². The van der Waals surface area contributed by atoms with Crippen molar-refractivity contribution in [3.63, 3.8) is 0 Å². The molecular formula is C11H17N5O2. The lowest BCUT2D eigenvalue weighted by molar-refractivity contribution is 0.106. The lowest BCUT2D eigenvalue weighted by atomic mass is 10.3. The maximum absolute atomic E-state index is 10.8. The van der Waals surface area contributed by atoms with Crippen molar-refractivity contribution in [3.8, 4) is 0 Å². The number of ether oxygens (including phenoxy) is 1. The Hall–Kier alpha value is -2.15. The van der Waals surface area contributed by atoms with E-state index in [0.29, 0.717) is 6.54 Å². The average molecular weight is 251 g/mol. The molecule has 0 radical (unpaired) electrons. The summed E-state index contributed by atoms with van der Waals surface area (Å²) in [7, 11) is 1.54. The van der Waals surface area contributed by atoms with Crippen LogP contribution in [0.25, 0.3) is 0 Å². The van der Waals surface area contributed by atoms with Crippen LogP contribution in [0.5, 0.6) is 0 Å². The second-order valence-electron chi connectivity index (χ2n) is 3.50. The van der Waals surface area contributed by atoms with Gasteiger partial charge >= 0.3 is 6.03 Å². The van der Waals surface area contributed by atoms with E-state index < -0.39 is 6.03 Å². The third-order valence-electron chi connectivity index (χ3n) is 2.06. The van der Waals surface area contributed by atoms with E-state index in [-0.39, 0.29) is 12.2 Å². The minimum Gasteiger partial charge on any atom is -0.362 e. The topological polar surface area (TPSA) is 102 Å². The number of nitrogens with one attached hydrogen (secondary N) is 2. The molecule has 1 aromatic heterocycles. The molecule has 0 aliphatic heterocycles. The van der Waals surface area contributed by atoms with E-state index in [9.17, 15) is 4.79 Å². The zero-order chi connectivity index (χ0) is 13.4. The van der Waals surface area contributed by atoms with Gasteiger partial charge in [-0.05, 0) is 19.1 Å². The van der Waals surface area contributed by atoms with Gasteiger partial charge in [-0.1, -0.05) is 6.07 Å². The lowest BCUT2D eigenvalue weighted by Crippen LogP contribution is -2.47. The molecule has 2 amide bonds. The second kappa shape index (κ2) is 7.23. The second-order valence-corrected chi connectivity index (χ2v) is 3.50. The van der Waals surface area contributed by atoms with Crippen LogP contribution >= 0.6 is 0 Å². The molecule has 1 rings (SSSR count). The number of pyridine rings is 1. The minimum atomic E-state index is -0.689. The Bertz CT molecular complexity index is 407. The van der Waals surface area contributed by atoms with Gasteiger partial charge in [0.1, 0.15) is 6.23 Å². The maximum Gasteiger partial charge on any atom is 0.318 e. The Balaban J connectivity index is 2.66. The molecule has 98 valence electrons. The molecule has 0 saturated carbocycles. The van der Waals surface area contributed by atoms with Crippen LogP contribution in [0.3, 0.4) is 0 Å². The van der Waals surface area contributed by atoms with Crippen LogP contribution in [0.2, 0.25) is 0 Å². The van der Waals surface area contributed by atoms with Crippen molar-refractivity contribution >= 4 is 12.0 Å². The number of hydrogen-bond acceptors (Lipinski definition) is 4. The van der Waals surface area contributed by atoms with Gasteiger partial charge in [0.05, 0.1) is 12.2 Å². The summed E-state index contributed by atoms with van der Waals surface area (Å²) in [5, 5.41) is 5.24. The Labute approximate surface area is 105 Å². The number of rotatable bonds is 4. The summed E-state index contributed by atoms with van der Waals surface area (Å²) in [6.45, 7) is 2.11.